The molecule has 0 aliphatic rings. The van der Waals surface area contributed by atoms with Gasteiger partial charge in [0.25, 0.3) is 8.32 Å². The molecule has 1 aromatic carbocycles. The van der Waals surface area contributed by atoms with Crippen molar-refractivity contribution in [1.82, 2.24) is 0 Å². The molecule has 0 heterocycles. The van der Waals surface area contributed by atoms with Crippen LogP contribution in [0.5, 0.6) is 5.75 Å². The Morgan fingerprint density at radius 1 is 0.810 bits per heavy atom. The van der Waals surface area contributed by atoms with Crippen LogP contribution < -0.4 is 4.43 Å². The Balaban J connectivity index is 3.52. The molecule has 21 heavy (non-hydrogen) atoms. The van der Waals surface area contributed by atoms with E-state index in [2.05, 4.69) is 81.4 Å². The normalized spacial score (nSPS) is 14.2. The second kappa shape index (κ2) is 5.46. The first kappa shape index (κ1) is 18.3. The highest BCUT2D eigenvalue weighted by molar-refractivity contribution is 6.82. The molecule has 0 amide bonds. The monoisotopic (exact) mass is 305 g/mol. The van der Waals surface area contributed by atoms with E-state index in [-0.39, 0.29) is 15.1 Å². The summed E-state index contributed by atoms with van der Waals surface area (Å²) in [7, 11) is -2.19. The third-order valence-corrected chi connectivity index (χ3v) is 11.2. The Morgan fingerprint density at radius 2 is 1.24 bits per heavy atom. The third kappa shape index (κ3) is 3.36. The van der Waals surface area contributed by atoms with Crippen molar-refractivity contribution in [3.05, 3.63) is 36.8 Å². The van der Waals surface area contributed by atoms with Crippen molar-refractivity contribution in [2.45, 2.75) is 77.4 Å². The lowest BCUT2D eigenvalue weighted by Crippen LogP contribution is -2.63. The van der Waals surface area contributed by atoms with Crippen molar-refractivity contribution in [3.63, 3.8) is 0 Å². The van der Waals surface area contributed by atoms with E-state index >= 15 is 0 Å². The fourth-order valence-electron chi connectivity index (χ4n) is 4.62. The summed E-state index contributed by atoms with van der Waals surface area (Å²) in [6.07, 6.45) is 0. The first-order chi connectivity index (χ1) is 9.22. The van der Waals surface area contributed by atoms with Gasteiger partial charge in [0.05, 0.1) is 0 Å². The minimum atomic E-state index is -2.19. The average Bonchev–Trinajstić information content (AvgIpc) is 2.20. The maximum atomic E-state index is 6.88. The standard InChI is InChI=1S/C19H33OSi/c1-15-12-11-13-16(14-15)20-21(17(2,3)4,18(5,6)7)19(8,9)10/h11-14H,1H2,2-10H3. The molecule has 0 bridgehead atoms. The van der Waals surface area contributed by atoms with Crippen LogP contribution in [0.1, 0.15) is 67.9 Å². The maximum Gasteiger partial charge on any atom is 0.267 e. The molecule has 0 saturated carbocycles. The minimum absolute atomic E-state index is 0.126. The smallest absolute Gasteiger partial charge is 0.267 e. The zero-order valence-electron chi connectivity index (χ0n) is 15.4. The van der Waals surface area contributed by atoms with Gasteiger partial charge in [-0.25, -0.2) is 0 Å². The van der Waals surface area contributed by atoms with Crippen LogP contribution in [0.25, 0.3) is 0 Å². The van der Waals surface area contributed by atoms with Gasteiger partial charge < -0.3 is 4.43 Å². The van der Waals surface area contributed by atoms with Crippen LogP contribution in [-0.4, -0.2) is 8.32 Å². The van der Waals surface area contributed by atoms with Crippen LogP contribution in [0.2, 0.25) is 15.1 Å². The number of hydrogen-bond donors (Lipinski definition) is 0. The van der Waals surface area contributed by atoms with Crippen LogP contribution in [-0.2, 0) is 0 Å². The van der Waals surface area contributed by atoms with Crippen LogP contribution >= 0.6 is 0 Å². The summed E-state index contributed by atoms with van der Waals surface area (Å²) in [6.45, 7) is 25.1. The van der Waals surface area contributed by atoms with E-state index in [9.17, 15) is 0 Å². The Hall–Kier alpha value is -0.763. The van der Waals surface area contributed by atoms with E-state index in [4.69, 9.17) is 4.43 Å². The first-order valence-corrected chi connectivity index (χ1v) is 9.74. The highest BCUT2D eigenvalue weighted by Crippen LogP contribution is 2.62. The van der Waals surface area contributed by atoms with E-state index in [1.165, 1.54) is 0 Å². The molecule has 0 aromatic heterocycles. The highest BCUT2D eigenvalue weighted by atomic mass is 28.4. The number of hydrogen-bond acceptors (Lipinski definition) is 1. The Kier molecular flexibility index (Phi) is 4.75. The Bertz CT molecular complexity index is 447. The summed E-state index contributed by atoms with van der Waals surface area (Å²) in [5.74, 6) is 0.967. The second-order valence-corrected chi connectivity index (χ2v) is 15.2. The van der Waals surface area contributed by atoms with E-state index < -0.39 is 8.32 Å². The second-order valence-electron chi connectivity index (χ2n) is 9.18. The molecule has 0 aliphatic carbocycles. The minimum Gasteiger partial charge on any atom is -0.542 e. The summed E-state index contributed by atoms with van der Waals surface area (Å²) in [6, 6.07) is 8.18. The average molecular weight is 306 g/mol. The van der Waals surface area contributed by atoms with Crippen LogP contribution in [0, 0.1) is 6.92 Å². The molecule has 0 unspecified atom stereocenters. The molecule has 0 N–H and O–H groups in total. The fourth-order valence-corrected chi connectivity index (χ4v) is 12.8. The lowest BCUT2D eigenvalue weighted by Gasteiger charge is -2.57. The molecular weight excluding hydrogens is 272 g/mol. The van der Waals surface area contributed by atoms with Gasteiger partial charge in [-0.2, -0.15) is 0 Å². The molecule has 1 radical (unpaired) electrons. The third-order valence-electron chi connectivity index (χ3n) is 4.34. The van der Waals surface area contributed by atoms with Gasteiger partial charge in [0.2, 0.25) is 0 Å². The van der Waals surface area contributed by atoms with Crippen LogP contribution in [0.3, 0.4) is 0 Å². The van der Waals surface area contributed by atoms with Crippen LogP contribution in [0.15, 0.2) is 24.3 Å². The largest absolute Gasteiger partial charge is 0.542 e. The molecular formula is C19H33OSi. The van der Waals surface area contributed by atoms with Crippen molar-refractivity contribution >= 4 is 8.32 Å². The molecule has 119 valence electrons. The SMILES string of the molecule is [CH2]c1cccc(O[Si](C(C)(C)C)(C(C)(C)C)C(C)(C)C)c1. The molecule has 0 aliphatic heterocycles. The summed E-state index contributed by atoms with van der Waals surface area (Å²) in [5.41, 5.74) is 1.01. The highest BCUT2D eigenvalue weighted by Gasteiger charge is 2.63. The fraction of sp³-hybridized carbons (Fsp3) is 0.632. The topological polar surface area (TPSA) is 9.23 Å². The van der Waals surface area contributed by atoms with Crippen molar-refractivity contribution in [2.75, 3.05) is 0 Å². The van der Waals surface area contributed by atoms with Gasteiger partial charge in [-0.1, -0.05) is 74.4 Å². The number of rotatable bonds is 2. The predicted octanol–water partition coefficient (Wildman–Crippen LogP) is 6.59. The zero-order valence-corrected chi connectivity index (χ0v) is 16.4. The van der Waals surface area contributed by atoms with Gasteiger partial charge in [0.1, 0.15) is 5.75 Å². The Morgan fingerprint density at radius 3 is 1.57 bits per heavy atom. The van der Waals surface area contributed by atoms with Crippen LogP contribution in [0.4, 0.5) is 0 Å². The summed E-state index contributed by atoms with van der Waals surface area (Å²) < 4.78 is 6.88. The van der Waals surface area contributed by atoms with Crippen molar-refractivity contribution in [1.29, 1.82) is 0 Å². The van der Waals surface area contributed by atoms with E-state index in [1.54, 1.807) is 0 Å². The Labute approximate surface area is 133 Å². The van der Waals surface area contributed by atoms with Crippen molar-refractivity contribution in [3.8, 4) is 5.75 Å². The molecule has 0 spiro atoms. The van der Waals surface area contributed by atoms with Gasteiger partial charge in [0.15, 0.2) is 0 Å². The maximum absolute atomic E-state index is 6.88. The lowest BCUT2D eigenvalue weighted by molar-refractivity contribution is 0.372. The van der Waals surface area contributed by atoms with Gasteiger partial charge in [-0.15, -0.1) is 0 Å². The predicted molar refractivity (Wildman–Crippen MR) is 96.4 cm³/mol. The molecule has 2 heteroatoms. The molecule has 1 nitrogen and oxygen atoms in total. The van der Waals surface area contributed by atoms with Crippen molar-refractivity contribution < 1.29 is 4.43 Å². The molecule has 0 saturated heterocycles. The molecule has 1 rings (SSSR count). The van der Waals surface area contributed by atoms with Gasteiger partial charge in [0, 0.05) is 0 Å². The lowest BCUT2D eigenvalue weighted by atomic mass is 10.2. The van der Waals surface area contributed by atoms with Gasteiger partial charge >= 0.3 is 0 Å². The quantitative estimate of drug-likeness (QED) is 0.560. The zero-order chi connectivity index (χ0) is 16.7. The van der Waals surface area contributed by atoms with E-state index in [1.807, 2.05) is 12.1 Å². The number of benzene rings is 1. The van der Waals surface area contributed by atoms with Gasteiger partial charge in [-0.05, 0) is 39.7 Å². The summed E-state index contributed by atoms with van der Waals surface area (Å²) in [5, 5.41) is 0.377. The first-order valence-electron chi connectivity index (χ1n) is 7.83. The van der Waals surface area contributed by atoms with E-state index in [0.29, 0.717) is 0 Å². The van der Waals surface area contributed by atoms with Gasteiger partial charge in [-0.3, -0.25) is 0 Å². The summed E-state index contributed by atoms with van der Waals surface area (Å²) >= 11 is 0. The summed E-state index contributed by atoms with van der Waals surface area (Å²) in [4.78, 5) is 0. The molecule has 0 fully saturated rings. The molecule has 1 aromatic rings. The van der Waals surface area contributed by atoms with Crippen molar-refractivity contribution in [2.24, 2.45) is 0 Å². The molecule has 0 atom stereocenters. The van der Waals surface area contributed by atoms with E-state index in [0.717, 1.165) is 11.3 Å².